The molecule has 1 fully saturated rings. The summed E-state index contributed by atoms with van der Waals surface area (Å²) >= 11 is 5.94. The quantitative estimate of drug-likeness (QED) is 0.847. The van der Waals surface area contributed by atoms with Crippen LogP contribution in [0, 0.1) is 12.7 Å². The van der Waals surface area contributed by atoms with Crippen molar-refractivity contribution >= 4 is 23.5 Å². The van der Waals surface area contributed by atoms with Gasteiger partial charge in [0.15, 0.2) is 0 Å². The molecule has 0 atom stereocenters. The molecule has 8 heteroatoms. The number of aromatic nitrogens is 2. The zero-order chi connectivity index (χ0) is 15.7. The van der Waals surface area contributed by atoms with Crippen LogP contribution in [0.3, 0.4) is 0 Å². The second kappa shape index (κ2) is 5.92. The summed E-state index contributed by atoms with van der Waals surface area (Å²) in [5, 5.41) is 7.86. The molecule has 2 aromatic rings. The Hall–Kier alpha value is -2.15. The average Bonchev–Trinajstić information content (AvgIpc) is 2.94. The van der Waals surface area contributed by atoms with Crippen molar-refractivity contribution in [3.63, 3.8) is 0 Å². The monoisotopic (exact) mass is 324 g/mol. The highest BCUT2D eigenvalue weighted by molar-refractivity contribution is 6.33. The average molecular weight is 325 g/mol. The van der Waals surface area contributed by atoms with Crippen molar-refractivity contribution in [2.24, 2.45) is 0 Å². The number of benzene rings is 1. The Kier molecular flexibility index (Phi) is 3.98. The fourth-order valence-corrected chi connectivity index (χ4v) is 2.62. The highest BCUT2D eigenvalue weighted by Crippen LogP contribution is 2.22. The van der Waals surface area contributed by atoms with Crippen molar-refractivity contribution in [3.8, 4) is 0 Å². The maximum atomic E-state index is 13.8. The molecule has 0 spiro atoms. The van der Waals surface area contributed by atoms with E-state index in [1.165, 1.54) is 18.2 Å². The van der Waals surface area contributed by atoms with Crippen LogP contribution in [0.5, 0.6) is 0 Å². The summed E-state index contributed by atoms with van der Waals surface area (Å²) in [5.74, 6) is -0.511. The number of hydrogen-bond acceptors (Lipinski definition) is 5. The third kappa shape index (κ3) is 2.76. The van der Waals surface area contributed by atoms with E-state index in [0.29, 0.717) is 38.1 Å². The Labute approximate surface area is 131 Å². The number of carbonyl (C=O) groups is 1. The van der Waals surface area contributed by atoms with Gasteiger partial charge in [0.05, 0.1) is 10.6 Å². The van der Waals surface area contributed by atoms with Gasteiger partial charge < -0.3 is 14.2 Å². The highest BCUT2D eigenvalue weighted by atomic mass is 35.5. The van der Waals surface area contributed by atoms with E-state index in [2.05, 4.69) is 10.2 Å². The fourth-order valence-electron chi connectivity index (χ4n) is 2.37. The van der Waals surface area contributed by atoms with Crippen LogP contribution in [-0.4, -0.2) is 47.2 Å². The van der Waals surface area contributed by atoms with Crippen LogP contribution in [0.4, 0.5) is 10.4 Å². The van der Waals surface area contributed by atoms with E-state index >= 15 is 0 Å². The Morgan fingerprint density at radius 1 is 1.27 bits per heavy atom. The van der Waals surface area contributed by atoms with Crippen LogP contribution >= 0.6 is 11.6 Å². The Morgan fingerprint density at radius 2 is 2.00 bits per heavy atom. The molecule has 6 nitrogen and oxygen atoms in total. The molecule has 1 aromatic carbocycles. The van der Waals surface area contributed by atoms with Crippen LogP contribution in [0.15, 0.2) is 22.6 Å². The summed E-state index contributed by atoms with van der Waals surface area (Å²) in [6.45, 7) is 3.67. The SMILES string of the molecule is Cc1nnc(N2CCN(C(=O)c3c(F)cccc3Cl)CC2)o1. The highest BCUT2D eigenvalue weighted by Gasteiger charge is 2.27. The molecule has 0 unspecified atom stereocenters. The van der Waals surface area contributed by atoms with Crippen molar-refractivity contribution in [2.45, 2.75) is 6.92 Å². The van der Waals surface area contributed by atoms with E-state index in [-0.39, 0.29) is 10.6 Å². The van der Waals surface area contributed by atoms with Gasteiger partial charge >= 0.3 is 6.01 Å². The van der Waals surface area contributed by atoms with Gasteiger partial charge in [0.2, 0.25) is 5.89 Å². The van der Waals surface area contributed by atoms with Gasteiger partial charge in [-0.2, -0.15) is 0 Å². The lowest BCUT2D eigenvalue weighted by Gasteiger charge is -2.33. The molecule has 0 radical (unpaired) electrons. The Bertz CT molecular complexity index is 678. The van der Waals surface area contributed by atoms with Gasteiger partial charge in [0, 0.05) is 33.1 Å². The minimum absolute atomic E-state index is 0.0775. The summed E-state index contributed by atoms with van der Waals surface area (Å²) in [6.07, 6.45) is 0. The number of carbonyl (C=O) groups excluding carboxylic acids is 1. The number of halogens is 2. The molecule has 1 amide bonds. The molecular formula is C14H14ClFN4O2. The van der Waals surface area contributed by atoms with Gasteiger partial charge in [-0.3, -0.25) is 4.79 Å². The van der Waals surface area contributed by atoms with E-state index in [0.717, 1.165) is 0 Å². The van der Waals surface area contributed by atoms with Crippen molar-refractivity contribution in [3.05, 3.63) is 40.5 Å². The van der Waals surface area contributed by atoms with E-state index < -0.39 is 11.7 Å². The second-order valence-electron chi connectivity index (χ2n) is 4.98. The van der Waals surface area contributed by atoms with Crippen LogP contribution in [0.25, 0.3) is 0 Å². The Balaban J connectivity index is 1.70. The number of nitrogens with zero attached hydrogens (tertiary/aromatic N) is 4. The molecule has 2 heterocycles. The lowest BCUT2D eigenvalue weighted by Crippen LogP contribution is -2.49. The molecule has 0 aliphatic carbocycles. The molecule has 3 rings (SSSR count). The maximum absolute atomic E-state index is 13.8. The zero-order valence-corrected chi connectivity index (χ0v) is 12.7. The molecule has 1 aliphatic rings. The van der Waals surface area contributed by atoms with Crippen LogP contribution in [0.2, 0.25) is 5.02 Å². The normalized spacial score (nSPS) is 15.2. The smallest absolute Gasteiger partial charge is 0.318 e. The second-order valence-corrected chi connectivity index (χ2v) is 5.39. The van der Waals surface area contributed by atoms with Gasteiger partial charge in [-0.1, -0.05) is 22.8 Å². The van der Waals surface area contributed by atoms with E-state index in [9.17, 15) is 9.18 Å². The van der Waals surface area contributed by atoms with Crippen molar-refractivity contribution in [1.82, 2.24) is 15.1 Å². The predicted octanol–water partition coefficient (Wildman–Crippen LogP) is 2.13. The van der Waals surface area contributed by atoms with Crippen molar-refractivity contribution < 1.29 is 13.6 Å². The Morgan fingerprint density at radius 3 is 2.59 bits per heavy atom. The fraction of sp³-hybridized carbons (Fsp3) is 0.357. The molecule has 1 saturated heterocycles. The molecule has 0 N–H and O–H groups in total. The topological polar surface area (TPSA) is 62.5 Å². The number of amides is 1. The molecule has 116 valence electrons. The molecule has 0 bridgehead atoms. The first-order chi connectivity index (χ1) is 10.6. The number of rotatable bonds is 2. The van der Waals surface area contributed by atoms with Crippen molar-refractivity contribution in [2.75, 3.05) is 31.1 Å². The first-order valence-corrected chi connectivity index (χ1v) is 7.22. The number of aryl methyl sites for hydroxylation is 1. The zero-order valence-electron chi connectivity index (χ0n) is 11.9. The van der Waals surface area contributed by atoms with Crippen LogP contribution < -0.4 is 4.90 Å². The number of piperazine rings is 1. The molecular weight excluding hydrogens is 311 g/mol. The standard InChI is InChI=1S/C14H14ClFN4O2/c1-9-17-18-14(22-9)20-7-5-19(6-8-20)13(21)12-10(15)3-2-4-11(12)16/h2-4H,5-8H2,1H3. The lowest BCUT2D eigenvalue weighted by molar-refractivity contribution is 0.0740. The first-order valence-electron chi connectivity index (χ1n) is 6.84. The molecule has 1 aliphatic heterocycles. The minimum atomic E-state index is -0.604. The van der Waals surface area contributed by atoms with Gasteiger partial charge in [0.25, 0.3) is 5.91 Å². The molecule has 22 heavy (non-hydrogen) atoms. The van der Waals surface area contributed by atoms with Gasteiger partial charge in [0.1, 0.15) is 5.82 Å². The van der Waals surface area contributed by atoms with Crippen LogP contribution in [-0.2, 0) is 0 Å². The van der Waals surface area contributed by atoms with Gasteiger partial charge in [-0.05, 0) is 12.1 Å². The van der Waals surface area contributed by atoms with Gasteiger partial charge in [-0.15, -0.1) is 5.10 Å². The summed E-state index contributed by atoms with van der Waals surface area (Å²) in [5.41, 5.74) is -0.0775. The predicted molar refractivity (Wildman–Crippen MR) is 78.6 cm³/mol. The summed E-state index contributed by atoms with van der Waals surface area (Å²) in [4.78, 5) is 15.9. The third-order valence-corrected chi connectivity index (χ3v) is 3.84. The first kappa shape index (κ1) is 14.8. The maximum Gasteiger partial charge on any atom is 0.318 e. The number of hydrogen-bond donors (Lipinski definition) is 0. The molecule has 1 aromatic heterocycles. The third-order valence-electron chi connectivity index (χ3n) is 3.53. The van der Waals surface area contributed by atoms with E-state index in [1.54, 1.807) is 11.8 Å². The van der Waals surface area contributed by atoms with Crippen LogP contribution in [0.1, 0.15) is 16.2 Å². The van der Waals surface area contributed by atoms with E-state index in [4.69, 9.17) is 16.0 Å². The summed E-state index contributed by atoms with van der Waals surface area (Å²) in [6, 6.07) is 4.66. The van der Waals surface area contributed by atoms with Gasteiger partial charge in [-0.25, -0.2) is 4.39 Å². The minimum Gasteiger partial charge on any atom is -0.408 e. The summed E-state index contributed by atoms with van der Waals surface area (Å²) in [7, 11) is 0. The molecule has 0 saturated carbocycles. The van der Waals surface area contributed by atoms with E-state index in [1.807, 2.05) is 4.90 Å². The summed E-state index contributed by atoms with van der Waals surface area (Å²) < 4.78 is 19.2. The largest absolute Gasteiger partial charge is 0.408 e. The van der Waals surface area contributed by atoms with Crippen molar-refractivity contribution in [1.29, 1.82) is 0 Å². The number of anilines is 1. The lowest BCUT2D eigenvalue weighted by atomic mass is 10.1.